The van der Waals surface area contributed by atoms with Crippen LogP contribution in [-0.2, 0) is 11.3 Å². The Bertz CT molecular complexity index is 537. The Morgan fingerprint density at radius 1 is 1.44 bits per heavy atom. The fourth-order valence-corrected chi connectivity index (χ4v) is 1.76. The van der Waals surface area contributed by atoms with Gasteiger partial charge in [0.2, 0.25) is 0 Å². The van der Waals surface area contributed by atoms with E-state index in [4.69, 9.17) is 16.0 Å². The second-order valence-corrected chi connectivity index (χ2v) is 4.03. The van der Waals surface area contributed by atoms with Gasteiger partial charge in [-0.25, -0.2) is 4.79 Å². The lowest BCUT2D eigenvalue weighted by Crippen LogP contribution is -2.03. The van der Waals surface area contributed by atoms with Crippen molar-refractivity contribution in [3.05, 3.63) is 52.9 Å². The molecule has 0 spiro atoms. The zero-order valence-corrected chi connectivity index (χ0v) is 10.5. The number of benzene rings is 1. The fraction of sp³-hybridized carbons (Fsp3) is 0.154. The van der Waals surface area contributed by atoms with Crippen LogP contribution < -0.4 is 5.32 Å². The lowest BCUT2D eigenvalue weighted by molar-refractivity contribution is 0.0601. The number of halogens is 1. The molecule has 0 radical (unpaired) electrons. The van der Waals surface area contributed by atoms with E-state index in [0.717, 1.165) is 11.4 Å². The van der Waals surface area contributed by atoms with Gasteiger partial charge in [-0.1, -0.05) is 11.6 Å². The summed E-state index contributed by atoms with van der Waals surface area (Å²) in [5.74, 6) is 0.376. The van der Waals surface area contributed by atoms with Crippen LogP contribution in [0.2, 0.25) is 5.02 Å². The molecule has 2 rings (SSSR count). The van der Waals surface area contributed by atoms with Crippen LogP contribution in [0.3, 0.4) is 0 Å². The van der Waals surface area contributed by atoms with E-state index in [-0.39, 0.29) is 0 Å². The Balaban J connectivity index is 2.07. The minimum Gasteiger partial charge on any atom is -0.467 e. The minimum atomic E-state index is -0.447. The lowest BCUT2D eigenvalue weighted by Gasteiger charge is -2.07. The Morgan fingerprint density at radius 3 is 2.89 bits per heavy atom. The average Bonchev–Trinajstić information content (AvgIpc) is 2.88. The zero-order valence-electron chi connectivity index (χ0n) is 9.77. The normalized spacial score (nSPS) is 10.1. The summed E-state index contributed by atoms with van der Waals surface area (Å²) in [5, 5.41) is 3.49. The second kappa shape index (κ2) is 5.60. The first kappa shape index (κ1) is 12.5. The number of rotatable bonds is 4. The van der Waals surface area contributed by atoms with Gasteiger partial charge < -0.3 is 14.5 Å². The molecule has 0 saturated heterocycles. The molecule has 0 aliphatic rings. The number of hydrogen-bond donors (Lipinski definition) is 1. The maximum atomic E-state index is 11.3. The number of furan rings is 1. The molecule has 2 aromatic rings. The van der Waals surface area contributed by atoms with E-state index in [2.05, 4.69) is 10.1 Å². The van der Waals surface area contributed by atoms with Gasteiger partial charge in [0, 0.05) is 5.69 Å². The van der Waals surface area contributed by atoms with Gasteiger partial charge in [0.15, 0.2) is 0 Å². The summed E-state index contributed by atoms with van der Waals surface area (Å²) >= 11 is 6.00. The first-order chi connectivity index (χ1) is 8.70. The van der Waals surface area contributed by atoms with E-state index in [9.17, 15) is 4.79 Å². The van der Waals surface area contributed by atoms with Crippen LogP contribution in [0.4, 0.5) is 5.69 Å². The van der Waals surface area contributed by atoms with Crippen molar-refractivity contribution in [1.82, 2.24) is 0 Å². The summed E-state index contributed by atoms with van der Waals surface area (Å²) in [6.07, 6.45) is 1.62. The number of esters is 1. The number of nitrogens with one attached hydrogen (secondary N) is 1. The maximum Gasteiger partial charge on any atom is 0.339 e. The van der Waals surface area contributed by atoms with Gasteiger partial charge in [-0.2, -0.15) is 0 Å². The summed E-state index contributed by atoms with van der Waals surface area (Å²) in [4.78, 5) is 11.3. The van der Waals surface area contributed by atoms with Gasteiger partial charge in [0.1, 0.15) is 5.76 Å². The molecule has 5 heteroatoms. The third kappa shape index (κ3) is 2.84. The Labute approximate surface area is 110 Å². The Hall–Kier alpha value is -1.94. The number of methoxy groups -OCH3 is 1. The van der Waals surface area contributed by atoms with Gasteiger partial charge in [-0.05, 0) is 30.3 Å². The molecule has 0 unspecified atom stereocenters. The molecule has 0 fully saturated rings. The molecule has 18 heavy (non-hydrogen) atoms. The highest BCUT2D eigenvalue weighted by atomic mass is 35.5. The standard InChI is InChI=1S/C13H12ClNO3/c1-17-13(16)11-5-4-9(7-12(11)14)15-8-10-3-2-6-18-10/h2-7,15H,8H2,1H3. The third-order valence-electron chi connectivity index (χ3n) is 2.42. The predicted molar refractivity (Wildman–Crippen MR) is 68.8 cm³/mol. The van der Waals surface area contributed by atoms with Crippen LogP contribution in [0.1, 0.15) is 16.1 Å². The van der Waals surface area contributed by atoms with Crippen LogP contribution in [0.25, 0.3) is 0 Å². The van der Waals surface area contributed by atoms with E-state index < -0.39 is 5.97 Å². The first-order valence-electron chi connectivity index (χ1n) is 5.35. The monoisotopic (exact) mass is 265 g/mol. The van der Waals surface area contributed by atoms with E-state index in [1.165, 1.54) is 7.11 Å². The van der Waals surface area contributed by atoms with Crippen LogP contribution in [-0.4, -0.2) is 13.1 Å². The van der Waals surface area contributed by atoms with Crippen LogP contribution in [0.15, 0.2) is 41.0 Å². The summed E-state index contributed by atoms with van der Waals surface area (Å²) in [7, 11) is 1.32. The molecule has 0 aliphatic heterocycles. The number of hydrogen-bond acceptors (Lipinski definition) is 4. The van der Waals surface area contributed by atoms with Crippen LogP contribution >= 0.6 is 11.6 Å². The maximum absolute atomic E-state index is 11.3. The van der Waals surface area contributed by atoms with Gasteiger partial charge >= 0.3 is 5.97 Å². The van der Waals surface area contributed by atoms with Gasteiger partial charge in [-0.3, -0.25) is 0 Å². The van der Waals surface area contributed by atoms with Crippen molar-refractivity contribution >= 4 is 23.3 Å². The smallest absolute Gasteiger partial charge is 0.339 e. The Kier molecular flexibility index (Phi) is 3.89. The zero-order chi connectivity index (χ0) is 13.0. The molecular formula is C13H12ClNO3. The van der Waals surface area contributed by atoms with Crippen molar-refractivity contribution in [3.63, 3.8) is 0 Å². The summed E-state index contributed by atoms with van der Waals surface area (Å²) in [5.41, 5.74) is 1.16. The molecule has 1 N–H and O–H groups in total. The molecular weight excluding hydrogens is 254 g/mol. The predicted octanol–water partition coefficient (Wildman–Crippen LogP) is 3.33. The third-order valence-corrected chi connectivity index (χ3v) is 2.73. The van der Waals surface area contributed by atoms with Crippen molar-refractivity contribution in [3.8, 4) is 0 Å². The quantitative estimate of drug-likeness (QED) is 0.862. The Morgan fingerprint density at radius 2 is 2.28 bits per heavy atom. The van der Waals surface area contributed by atoms with Crippen molar-refractivity contribution in [2.24, 2.45) is 0 Å². The molecule has 0 atom stereocenters. The number of carbonyl (C=O) groups excluding carboxylic acids is 1. The largest absolute Gasteiger partial charge is 0.467 e. The fourth-order valence-electron chi connectivity index (χ4n) is 1.50. The van der Waals surface area contributed by atoms with Crippen molar-refractivity contribution in [2.75, 3.05) is 12.4 Å². The molecule has 1 aromatic heterocycles. The molecule has 94 valence electrons. The van der Waals surface area contributed by atoms with Crippen LogP contribution in [0.5, 0.6) is 0 Å². The highest BCUT2D eigenvalue weighted by Crippen LogP contribution is 2.22. The highest BCUT2D eigenvalue weighted by molar-refractivity contribution is 6.33. The van der Waals surface area contributed by atoms with Crippen molar-refractivity contribution in [2.45, 2.75) is 6.54 Å². The second-order valence-electron chi connectivity index (χ2n) is 3.62. The molecule has 0 amide bonds. The molecule has 0 aliphatic carbocycles. The average molecular weight is 266 g/mol. The van der Waals surface area contributed by atoms with Gasteiger partial charge in [-0.15, -0.1) is 0 Å². The first-order valence-corrected chi connectivity index (χ1v) is 5.72. The molecule has 0 bridgehead atoms. The van der Waals surface area contributed by atoms with Crippen molar-refractivity contribution in [1.29, 1.82) is 0 Å². The molecule has 1 aromatic carbocycles. The van der Waals surface area contributed by atoms with Gasteiger partial charge in [0.05, 0.1) is 30.5 Å². The number of anilines is 1. The van der Waals surface area contributed by atoms with E-state index in [1.807, 2.05) is 12.1 Å². The summed E-state index contributed by atoms with van der Waals surface area (Å²) in [6.45, 7) is 0.556. The van der Waals surface area contributed by atoms with Crippen LogP contribution in [0, 0.1) is 0 Å². The SMILES string of the molecule is COC(=O)c1ccc(NCc2ccco2)cc1Cl. The molecule has 1 heterocycles. The van der Waals surface area contributed by atoms with Gasteiger partial charge in [0.25, 0.3) is 0 Å². The molecule has 4 nitrogen and oxygen atoms in total. The molecule has 0 saturated carbocycles. The lowest BCUT2D eigenvalue weighted by atomic mass is 10.2. The van der Waals surface area contributed by atoms with Crippen molar-refractivity contribution < 1.29 is 13.9 Å². The summed E-state index contributed by atoms with van der Waals surface area (Å²) in [6, 6.07) is 8.76. The topological polar surface area (TPSA) is 51.5 Å². The minimum absolute atomic E-state index is 0.350. The number of carbonyl (C=O) groups is 1. The van der Waals surface area contributed by atoms with E-state index in [0.29, 0.717) is 17.1 Å². The van der Waals surface area contributed by atoms with E-state index in [1.54, 1.807) is 24.5 Å². The van der Waals surface area contributed by atoms with E-state index >= 15 is 0 Å². The highest BCUT2D eigenvalue weighted by Gasteiger charge is 2.10. The number of ether oxygens (including phenoxy) is 1. The summed E-state index contributed by atoms with van der Waals surface area (Å²) < 4.78 is 9.81.